The normalized spacial score (nSPS) is 43.7. The summed E-state index contributed by atoms with van der Waals surface area (Å²) in [5.41, 5.74) is 0.727. The molecule has 5 aliphatic rings. The minimum atomic E-state index is -0.0959. The second kappa shape index (κ2) is 3.40. The molecule has 1 aromatic carbocycles. The van der Waals surface area contributed by atoms with Crippen molar-refractivity contribution >= 4 is 17.5 Å². The smallest absolute Gasteiger partial charge is 0.238 e. The van der Waals surface area contributed by atoms with Crippen LogP contribution in [0.15, 0.2) is 42.5 Å². The predicted octanol–water partition coefficient (Wildman–Crippen LogP) is 2.24. The van der Waals surface area contributed by atoms with Crippen molar-refractivity contribution in [3.63, 3.8) is 0 Å². The van der Waals surface area contributed by atoms with Crippen LogP contribution in [-0.4, -0.2) is 11.8 Å². The number of benzene rings is 1. The molecule has 1 saturated heterocycles. The highest BCUT2D eigenvalue weighted by Crippen LogP contribution is 2.65. The molecule has 0 spiro atoms. The highest BCUT2D eigenvalue weighted by Gasteiger charge is 2.67. The van der Waals surface area contributed by atoms with Gasteiger partial charge in [-0.05, 0) is 42.2 Å². The molecule has 6 rings (SSSR count). The van der Waals surface area contributed by atoms with Crippen molar-refractivity contribution in [1.29, 1.82) is 0 Å². The molecule has 1 heterocycles. The molecular weight excluding hydrogens is 250 g/mol. The molecule has 2 saturated carbocycles. The Morgan fingerprint density at radius 3 is 1.95 bits per heavy atom. The number of carbonyl (C=O) groups is 2. The third kappa shape index (κ3) is 1.13. The van der Waals surface area contributed by atoms with Crippen molar-refractivity contribution < 1.29 is 9.59 Å². The number of carbonyl (C=O) groups excluding carboxylic acids is 2. The van der Waals surface area contributed by atoms with Gasteiger partial charge in [-0.1, -0.05) is 30.4 Å². The third-order valence-corrected chi connectivity index (χ3v) is 5.68. The first kappa shape index (κ1) is 10.8. The first-order chi connectivity index (χ1) is 9.77. The van der Waals surface area contributed by atoms with Crippen molar-refractivity contribution in [3.05, 3.63) is 42.5 Å². The van der Waals surface area contributed by atoms with Gasteiger partial charge in [-0.15, -0.1) is 0 Å². The number of amides is 2. The van der Waals surface area contributed by atoms with Crippen LogP contribution >= 0.6 is 0 Å². The SMILES string of the molecule is O=C1[C@@H]2[C@H]3C=C[C@H]([C@@H]4C[C@H]34)[C@@H]2C(=O)N1c1ccccc1. The molecule has 20 heavy (non-hydrogen) atoms. The third-order valence-electron chi connectivity index (χ3n) is 5.68. The van der Waals surface area contributed by atoms with Crippen molar-refractivity contribution in [3.8, 4) is 0 Å². The van der Waals surface area contributed by atoms with E-state index in [0.29, 0.717) is 23.7 Å². The minimum Gasteiger partial charge on any atom is -0.274 e. The largest absolute Gasteiger partial charge is 0.274 e. The van der Waals surface area contributed by atoms with Gasteiger partial charge in [0.25, 0.3) is 0 Å². The Labute approximate surface area is 117 Å². The van der Waals surface area contributed by atoms with Crippen LogP contribution in [0.1, 0.15) is 6.42 Å². The minimum absolute atomic E-state index is 0.0240. The molecule has 0 unspecified atom stereocenters. The summed E-state index contributed by atoms with van der Waals surface area (Å²) in [6.45, 7) is 0. The average molecular weight is 265 g/mol. The van der Waals surface area contributed by atoms with Crippen LogP contribution in [0, 0.1) is 35.5 Å². The van der Waals surface area contributed by atoms with Crippen LogP contribution in [0.5, 0.6) is 0 Å². The van der Waals surface area contributed by atoms with E-state index in [-0.39, 0.29) is 23.7 Å². The van der Waals surface area contributed by atoms with Gasteiger partial charge in [-0.3, -0.25) is 14.5 Å². The van der Waals surface area contributed by atoms with E-state index in [4.69, 9.17) is 0 Å². The number of imide groups is 1. The van der Waals surface area contributed by atoms with Crippen LogP contribution < -0.4 is 4.90 Å². The Morgan fingerprint density at radius 1 is 0.850 bits per heavy atom. The van der Waals surface area contributed by atoms with Crippen molar-refractivity contribution in [2.24, 2.45) is 35.5 Å². The number of hydrogen-bond acceptors (Lipinski definition) is 2. The van der Waals surface area contributed by atoms with Crippen LogP contribution in [0.4, 0.5) is 5.69 Å². The lowest BCUT2D eigenvalue weighted by Gasteiger charge is -2.37. The lowest BCUT2D eigenvalue weighted by atomic mass is 9.63. The summed E-state index contributed by atoms with van der Waals surface area (Å²) in [4.78, 5) is 27.0. The fraction of sp³-hybridized carbons (Fsp3) is 0.412. The second-order valence-electron chi connectivity index (χ2n) is 6.50. The van der Waals surface area contributed by atoms with E-state index in [0.717, 1.165) is 5.69 Å². The molecule has 1 aliphatic heterocycles. The van der Waals surface area contributed by atoms with E-state index in [1.165, 1.54) is 11.3 Å². The van der Waals surface area contributed by atoms with Gasteiger partial charge in [0, 0.05) is 0 Å². The zero-order valence-electron chi connectivity index (χ0n) is 11.0. The lowest BCUT2D eigenvalue weighted by Crippen LogP contribution is -2.40. The summed E-state index contributed by atoms with van der Waals surface area (Å²) in [6, 6.07) is 9.36. The number of hydrogen-bond donors (Lipinski definition) is 0. The molecule has 3 nitrogen and oxygen atoms in total. The quantitative estimate of drug-likeness (QED) is 0.577. The number of para-hydroxylation sites is 1. The maximum atomic E-state index is 12.8. The second-order valence-corrected chi connectivity index (χ2v) is 6.50. The number of rotatable bonds is 1. The van der Waals surface area contributed by atoms with Gasteiger partial charge in [0.2, 0.25) is 11.8 Å². The molecule has 1 aromatic rings. The van der Waals surface area contributed by atoms with Gasteiger partial charge in [0.1, 0.15) is 0 Å². The van der Waals surface area contributed by atoms with Crippen molar-refractivity contribution in [1.82, 2.24) is 0 Å². The molecule has 3 heteroatoms. The van der Waals surface area contributed by atoms with E-state index < -0.39 is 0 Å². The topological polar surface area (TPSA) is 37.4 Å². The van der Waals surface area contributed by atoms with Crippen molar-refractivity contribution in [2.45, 2.75) is 6.42 Å². The maximum absolute atomic E-state index is 12.8. The van der Waals surface area contributed by atoms with Gasteiger partial charge < -0.3 is 0 Å². The number of anilines is 1. The molecule has 2 amide bonds. The zero-order valence-corrected chi connectivity index (χ0v) is 11.0. The number of nitrogens with zero attached hydrogens (tertiary/aromatic N) is 1. The molecule has 0 aromatic heterocycles. The van der Waals surface area contributed by atoms with Crippen LogP contribution in [0.25, 0.3) is 0 Å². The maximum Gasteiger partial charge on any atom is 0.238 e. The highest BCUT2D eigenvalue weighted by molar-refractivity contribution is 6.22. The van der Waals surface area contributed by atoms with Gasteiger partial charge in [0.05, 0.1) is 17.5 Å². The van der Waals surface area contributed by atoms with Gasteiger partial charge in [-0.2, -0.15) is 0 Å². The predicted molar refractivity (Wildman–Crippen MR) is 73.6 cm³/mol. The fourth-order valence-electron chi connectivity index (χ4n) is 4.79. The Balaban J connectivity index is 1.61. The van der Waals surface area contributed by atoms with Gasteiger partial charge >= 0.3 is 0 Å². The first-order valence-electron chi connectivity index (χ1n) is 7.38. The van der Waals surface area contributed by atoms with Crippen LogP contribution in [0.3, 0.4) is 0 Å². The average Bonchev–Trinajstić information content (AvgIpc) is 3.25. The zero-order chi connectivity index (χ0) is 13.4. The Morgan fingerprint density at radius 2 is 1.40 bits per heavy atom. The monoisotopic (exact) mass is 265 g/mol. The summed E-state index contributed by atoms with van der Waals surface area (Å²) >= 11 is 0. The summed E-state index contributed by atoms with van der Waals surface area (Å²) in [5, 5.41) is 0. The van der Waals surface area contributed by atoms with Crippen LogP contribution in [0.2, 0.25) is 0 Å². The molecule has 4 aliphatic carbocycles. The van der Waals surface area contributed by atoms with E-state index in [1.807, 2.05) is 30.3 Å². The molecule has 0 N–H and O–H groups in total. The summed E-state index contributed by atoms with van der Waals surface area (Å²) in [7, 11) is 0. The molecule has 100 valence electrons. The fourth-order valence-corrected chi connectivity index (χ4v) is 4.79. The van der Waals surface area contributed by atoms with Gasteiger partial charge in [0.15, 0.2) is 0 Å². The first-order valence-corrected chi connectivity index (χ1v) is 7.38. The summed E-state index contributed by atoms with van der Waals surface area (Å²) in [6.07, 6.45) is 5.63. The highest BCUT2D eigenvalue weighted by atomic mass is 16.2. The Bertz CT molecular complexity index is 614. The Hall–Kier alpha value is -1.90. The lowest BCUT2D eigenvalue weighted by molar-refractivity contribution is -0.124. The van der Waals surface area contributed by atoms with Gasteiger partial charge in [-0.25, -0.2) is 0 Å². The van der Waals surface area contributed by atoms with Crippen molar-refractivity contribution in [2.75, 3.05) is 4.90 Å². The Kier molecular flexibility index (Phi) is 1.84. The number of allylic oxidation sites excluding steroid dienone is 2. The molecule has 2 bridgehead atoms. The molecule has 6 atom stereocenters. The molecule has 3 fully saturated rings. The molecule has 0 radical (unpaired) electrons. The molecular formula is C17H15NO2. The van der Waals surface area contributed by atoms with E-state index in [1.54, 1.807) is 0 Å². The van der Waals surface area contributed by atoms with E-state index >= 15 is 0 Å². The van der Waals surface area contributed by atoms with Crippen LogP contribution in [-0.2, 0) is 9.59 Å². The summed E-state index contributed by atoms with van der Waals surface area (Å²) < 4.78 is 0. The summed E-state index contributed by atoms with van der Waals surface area (Å²) in [5.74, 6) is 1.80. The standard InChI is InChI=1S/C17H15NO2/c19-16-14-10-6-7-11(13-8-12(10)13)15(14)17(20)18(16)9-4-2-1-3-5-9/h1-7,10-15H,8H2/t10-,11+,12+,13-,14+,15-. The van der Waals surface area contributed by atoms with E-state index in [2.05, 4.69) is 12.2 Å². The van der Waals surface area contributed by atoms with E-state index in [9.17, 15) is 9.59 Å².